The first-order valence-corrected chi connectivity index (χ1v) is 9.18. The summed E-state index contributed by atoms with van der Waals surface area (Å²) in [5.41, 5.74) is -2.18. The van der Waals surface area contributed by atoms with E-state index in [1.807, 2.05) is 0 Å². The van der Waals surface area contributed by atoms with E-state index in [1.54, 1.807) is 0 Å². The summed E-state index contributed by atoms with van der Waals surface area (Å²) in [4.78, 5) is 29.2. The molecule has 0 aliphatic heterocycles. The van der Waals surface area contributed by atoms with Crippen LogP contribution < -0.4 is 0 Å². The summed E-state index contributed by atoms with van der Waals surface area (Å²) in [7, 11) is 1.43. The maximum absolute atomic E-state index is 13.0. The molecule has 0 amide bonds. The Morgan fingerprint density at radius 1 is 1.31 bits per heavy atom. The average molecular weight is 415 g/mol. The number of ketones is 2. The quantitative estimate of drug-likeness (QED) is 0.205. The Morgan fingerprint density at radius 2 is 1.97 bits per heavy atom. The third-order valence-electron chi connectivity index (χ3n) is 5.06. The SMILES string of the molecule is C=C/C(C(=O)C1=C(O)C2CCC(C2)C1=O)=C(COCCOC)\N=C(/C)C(F)(F)F. The fourth-order valence-electron chi connectivity index (χ4n) is 3.45. The number of ether oxygens (including phenoxy) is 2. The van der Waals surface area contributed by atoms with Crippen molar-refractivity contribution in [1.29, 1.82) is 0 Å². The van der Waals surface area contributed by atoms with Crippen molar-refractivity contribution in [3.05, 3.63) is 35.3 Å². The second-order valence-corrected chi connectivity index (χ2v) is 6.97. The predicted octanol–water partition coefficient (Wildman–Crippen LogP) is 3.49. The molecule has 1 saturated carbocycles. The lowest BCUT2D eigenvalue weighted by molar-refractivity contribution is -0.123. The number of Topliss-reactive ketones (excluding diaryl/α,β-unsaturated/α-hetero) is 2. The molecule has 0 radical (unpaired) electrons. The Balaban J connectivity index is 2.47. The lowest BCUT2D eigenvalue weighted by Crippen LogP contribution is -2.28. The summed E-state index contributed by atoms with van der Waals surface area (Å²) in [6.45, 7) is 4.10. The third-order valence-corrected chi connectivity index (χ3v) is 5.06. The average Bonchev–Trinajstić information content (AvgIpc) is 3.10. The van der Waals surface area contributed by atoms with E-state index in [-0.39, 0.29) is 47.7 Å². The van der Waals surface area contributed by atoms with E-state index in [2.05, 4.69) is 11.6 Å². The Hall–Kier alpha value is -2.26. The number of halogens is 3. The molecule has 2 rings (SSSR count). The maximum atomic E-state index is 13.0. The standard InChI is InChI=1S/C20H24F3NO5/c1-4-14(15(10-29-8-7-28-3)24-11(2)20(21,22)23)19(27)16-17(25)12-5-6-13(9-12)18(16)26/h4,12-13,25H,1,5-10H2,2-3H3/b15-14+,24-11+. The molecular weight excluding hydrogens is 391 g/mol. The van der Waals surface area contributed by atoms with Crippen LogP contribution in [-0.2, 0) is 19.1 Å². The Morgan fingerprint density at radius 3 is 2.55 bits per heavy atom. The number of rotatable bonds is 9. The summed E-state index contributed by atoms with van der Waals surface area (Å²) in [6, 6.07) is 0. The first kappa shape index (κ1) is 23.0. The zero-order valence-corrected chi connectivity index (χ0v) is 16.3. The highest BCUT2D eigenvalue weighted by Crippen LogP contribution is 2.43. The highest BCUT2D eigenvalue weighted by atomic mass is 19.4. The first-order valence-electron chi connectivity index (χ1n) is 9.18. The Bertz CT molecular complexity index is 779. The van der Waals surface area contributed by atoms with E-state index < -0.39 is 30.1 Å². The Kier molecular flexibility index (Phi) is 7.54. The highest BCUT2D eigenvalue weighted by molar-refractivity contribution is 6.28. The summed E-state index contributed by atoms with van der Waals surface area (Å²) in [5, 5.41) is 10.4. The van der Waals surface area contributed by atoms with Crippen LogP contribution in [-0.4, -0.2) is 55.5 Å². The third kappa shape index (κ3) is 5.22. The van der Waals surface area contributed by atoms with Gasteiger partial charge in [0.25, 0.3) is 0 Å². The second-order valence-electron chi connectivity index (χ2n) is 6.97. The van der Waals surface area contributed by atoms with E-state index in [0.29, 0.717) is 19.3 Å². The summed E-state index contributed by atoms with van der Waals surface area (Å²) in [6.07, 6.45) is -2.03. The molecule has 2 unspecified atom stereocenters. The normalized spacial score (nSPS) is 23.3. The van der Waals surface area contributed by atoms with Crippen molar-refractivity contribution in [2.24, 2.45) is 16.8 Å². The molecule has 0 aromatic rings. The van der Waals surface area contributed by atoms with Gasteiger partial charge >= 0.3 is 6.18 Å². The molecule has 2 bridgehead atoms. The van der Waals surface area contributed by atoms with E-state index in [0.717, 1.165) is 13.0 Å². The minimum atomic E-state index is -4.70. The number of aliphatic hydroxyl groups excluding tert-OH is 1. The van der Waals surface area contributed by atoms with Gasteiger partial charge in [0.2, 0.25) is 5.78 Å². The number of carbonyl (C=O) groups is 2. The smallest absolute Gasteiger partial charge is 0.429 e. The van der Waals surface area contributed by atoms with Crippen LogP contribution in [0.5, 0.6) is 0 Å². The molecule has 1 fully saturated rings. The molecule has 9 heteroatoms. The number of nitrogens with zero attached hydrogens (tertiary/aromatic N) is 1. The lowest BCUT2D eigenvalue weighted by atomic mass is 9.83. The minimum Gasteiger partial charge on any atom is -0.511 e. The number of alkyl halides is 3. The molecule has 2 aliphatic carbocycles. The van der Waals surface area contributed by atoms with Crippen LogP contribution in [0.1, 0.15) is 26.2 Å². The molecular formula is C20H24F3NO5. The van der Waals surface area contributed by atoms with Crippen molar-refractivity contribution in [3.63, 3.8) is 0 Å². The van der Waals surface area contributed by atoms with Crippen LogP contribution in [0.25, 0.3) is 0 Å². The summed E-state index contributed by atoms with van der Waals surface area (Å²) < 4.78 is 49.0. The van der Waals surface area contributed by atoms with E-state index in [1.165, 1.54) is 7.11 Å². The van der Waals surface area contributed by atoms with Gasteiger partial charge in [0.1, 0.15) is 17.0 Å². The van der Waals surface area contributed by atoms with Gasteiger partial charge < -0.3 is 14.6 Å². The van der Waals surface area contributed by atoms with Gasteiger partial charge in [0, 0.05) is 24.5 Å². The summed E-state index contributed by atoms with van der Waals surface area (Å²) >= 11 is 0. The minimum absolute atomic E-state index is 0.0657. The molecule has 2 aliphatic rings. The second kappa shape index (κ2) is 9.49. The van der Waals surface area contributed by atoms with Gasteiger partial charge in [-0.05, 0) is 26.2 Å². The molecule has 0 heterocycles. The van der Waals surface area contributed by atoms with E-state index in [4.69, 9.17) is 9.47 Å². The maximum Gasteiger partial charge on any atom is 0.429 e. The molecule has 6 nitrogen and oxygen atoms in total. The predicted molar refractivity (Wildman–Crippen MR) is 99.6 cm³/mol. The van der Waals surface area contributed by atoms with Gasteiger partial charge in [0.05, 0.1) is 25.5 Å². The van der Waals surface area contributed by atoms with Gasteiger partial charge in [-0.3, -0.25) is 9.59 Å². The zero-order chi connectivity index (χ0) is 21.8. The molecule has 29 heavy (non-hydrogen) atoms. The van der Waals surface area contributed by atoms with Crippen LogP contribution in [0.4, 0.5) is 13.2 Å². The van der Waals surface area contributed by atoms with Gasteiger partial charge in [-0.25, -0.2) is 4.99 Å². The van der Waals surface area contributed by atoms with Crippen LogP contribution >= 0.6 is 0 Å². The molecule has 1 N–H and O–H groups in total. The molecule has 0 spiro atoms. The number of methoxy groups -OCH3 is 1. The number of aliphatic hydroxyl groups is 1. The number of fused-ring (bicyclic) bond motifs is 2. The van der Waals surface area contributed by atoms with Gasteiger partial charge in [-0.2, -0.15) is 13.2 Å². The van der Waals surface area contributed by atoms with Crippen molar-refractivity contribution in [1.82, 2.24) is 0 Å². The number of carbonyl (C=O) groups excluding carboxylic acids is 2. The molecule has 160 valence electrons. The van der Waals surface area contributed by atoms with Crippen molar-refractivity contribution in [3.8, 4) is 0 Å². The monoisotopic (exact) mass is 415 g/mol. The first-order chi connectivity index (χ1) is 13.6. The largest absolute Gasteiger partial charge is 0.511 e. The van der Waals surface area contributed by atoms with Gasteiger partial charge in [0.15, 0.2) is 5.78 Å². The fraction of sp³-hybridized carbons (Fsp3) is 0.550. The van der Waals surface area contributed by atoms with Crippen LogP contribution in [0.2, 0.25) is 0 Å². The molecule has 2 atom stereocenters. The van der Waals surface area contributed by atoms with Gasteiger partial charge in [-0.1, -0.05) is 12.7 Å². The number of hydrogen-bond donors (Lipinski definition) is 1. The van der Waals surface area contributed by atoms with Crippen LogP contribution in [0.15, 0.2) is 40.2 Å². The number of allylic oxidation sites excluding steroid dienone is 4. The topological polar surface area (TPSA) is 85.2 Å². The van der Waals surface area contributed by atoms with E-state index >= 15 is 0 Å². The van der Waals surface area contributed by atoms with Gasteiger partial charge in [-0.15, -0.1) is 0 Å². The summed E-state index contributed by atoms with van der Waals surface area (Å²) in [5.74, 6) is -2.32. The lowest BCUT2D eigenvalue weighted by Gasteiger charge is -2.21. The molecule has 0 aromatic heterocycles. The van der Waals surface area contributed by atoms with Crippen molar-refractivity contribution in [2.45, 2.75) is 32.4 Å². The molecule has 0 saturated heterocycles. The van der Waals surface area contributed by atoms with Crippen molar-refractivity contribution < 1.29 is 37.3 Å². The Labute approximate surface area is 166 Å². The van der Waals surface area contributed by atoms with Crippen molar-refractivity contribution >= 4 is 17.3 Å². The number of aliphatic imine (C=N–C) groups is 1. The molecule has 0 aromatic carbocycles. The number of hydrogen-bond acceptors (Lipinski definition) is 6. The fourth-order valence-corrected chi connectivity index (χ4v) is 3.45. The van der Waals surface area contributed by atoms with E-state index in [9.17, 15) is 27.9 Å². The van der Waals surface area contributed by atoms with Crippen LogP contribution in [0, 0.1) is 11.8 Å². The van der Waals surface area contributed by atoms with Crippen LogP contribution in [0.3, 0.4) is 0 Å². The zero-order valence-electron chi connectivity index (χ0n) is 16.3. The highest BCUT2D eigenvalue weighted by Gasteiger charge is 2.44. The van der Waals surface area contributed by atoms with Crippen molar-refractivity contribution in [2.75, 3.05) is 26.9 Å².